The van der Waals surface area contributed by atoms with Crippen LogP contribution in [0.25, 0.3) is 0 Å². The van der Waals surface area contributed by atoms with Crippen molar-refractivity contribution in [2.24, 2.45) is 0 Å². The molecule has 0 aromatic heterocycles. The molecule has 0 radical (unpaired) electrons. The summed E-state index contributed by atoms with van der Waals surface area (Å²) >= 11 is 0. The number of hydrogen-bond donors (Lipinski definition) is 3. The quantitative estimate of drug-likeness (QED) is 0.283. The molecular formula is C3H11N2O2+. The van der Waals surface area contributed by atoms with Crippen LogP contribution in [0.2, 0.25) is 0 Å². The maximum absolute atomic E-state index is 8.20. The second-order valence-corrected chi connectivity index (χ2v) is 1.32. The van der Waals surface area contributed by atoms with Crippen molar-refractivity contribution in [3.8, 4) is 0 Å². The van der Waals surface area contributed by atoms with E-state index in [4.69, 9.17) is 10.3 Å². The first kappa shape index (κ1) is 6.84. The van der Waals surface area contributed by atoms with Gasteiger partial charge in [0, 0.05) is 7.05 Å². The molecule has 0 aromatic carbocycles. The van der Waals surface area contributed by atoms with Gasteiger partial charge in [-0.2, -0.15) is 5.21 Å². The number of likely N-dealkylation sites (N-methyl/N-ethyl adjacent to an activating group) is 1. The van der Waals surface area contributed by atoms with E-state index in [0.717, 1.165) is 5.59 Å². The van der Waals surface area contributed by atoms with Gasteiger partial charge < -0.3 is 5.11 Å². The van der Waals surface area contributed by atoms with E-state index in [1.165, 1.54) is 5.01 Å². The smallest absolute Gasteiger partial charge is 0.0735 e. The molecule has 0 fully saturated rings. The van der Waals surface area contributed by atoms with E-state index < -0.39 is 0 Å². The first-order valence-corrected chi connectivity index (χ1v) is 2.10. The largest absolute Gasteiger partial charge is 0.395 e. The highest BCUT2D eigenvalue weighted by Crippen LogP contribution is 1.59. The van der Waals surface area contributed by atoms with Crippen LogP contribution in [-0.2, 0) is 0 Å². The molecule has 4 nitrogen and oxygen atoms in total. The molecule has 0 amide bonds. The summed E-state index contributed by atoms with van der Waals surface area (Å²) in [5, 5.41) is 17.8. The normalized spacial score (nSPS) is 10.3. The lowest BCUT2D eigenvalue weighted by Gasteiger charge is -2.04. The Labute approximate surface area is 42.3 Å². The molecule has 0 rings (SSSR count). The zero-order valence-electron chi connectivity index (χ0n) is 4.33. The number of aliphatic hydroxyl groups is 1. The van der Waals surface area contributed by atoms with Gasteiger partial charge >= 0.3 is 0 Å². The first-order chi connectivity index (χ1) is 3.31. The Kier molecular flexibility index (Phi) is 3.92. The molecule has 0 saturated carbocycles. The fraction of sp³-hybridized carbons (Fsp3) is 1.00. The highest BCUT2D eigenvalue weighted by molar-refractivity contribution is 4.25. The first-order valence-electron chi connectivity index (χ1n) is 2.10. The molecule has 4 heteroatoms. The third-order valence-electron chi connectivity index (χ3n) is 0.650. The van der Waals surface area contributed by atoms with Crippen LogP contribution in [0.4, 0.5) is 0 Å². The monoisotopic (exact) mass is 107 g/mol. The molecule has 0 aliphatic rings. The summed E-state index contributed by atoms with van der Waals surface area (Å²) in [7, 11) is 1.68. The molecule has 7 heavy (non-hydrogen) atoms. The predicted molar refractivity (Wildman–Crippen MR) is 23.4 cm³/mol. The summed E-state index contributed by atoms with van der Waals surface area (Å²) in [5.74, 6) is 0. The van der Waals surface area contributed by atoms with Crippen molar-refractivity contribution in [3.63, 3.8) is 0 Å². The third-order valence-corrected chi connectivity index (χ3v) is 0.650. The molecule has 0 spiro atoms. The van der Waals surface area contributed by atoms with Gasteiger partial charge in [-0.1, -0.05) is 0 Å². The lowest BCUT2D eigenvalue weighted by molar-refractivity contribution is -0.991. The number of hydrogen-bond acceptors (Lipinski definition) is 3. The van der Waals surface area contributed by atoms with Crippen molar-refractivity contribution in [1.82, 2.24) is 5.01 Å². The van der Waals surface area contributed by atoms with E-state index in [1.54, 1.807) is 7.05 Å². The van der Waals surface area contributed by atoms with E-state index in [2.05, 4.69) is 0 Å². The molecule has 44 valence electrons. The fourth-order valence-electron chi connectivity index (χ4n) is 0.215. The van der Waals surface area contributed by atoms with E-state index in [-0.39, 0.29) is 6.61 Å². The fourth-order valence-corrected chi connectivity index (χ4v) is 0.215. The standard InChI is InChI=1S/C3H10N2O2/c1-5(4-7)2-3-6/h4,6-7H,2-3H2,1H3/p+1. The molecule has 0 unspecified atom stereocenters. The second-order valence-electron chi connectivity index (χ2n) is 1.32. The van der Waals surface area contributed by atoms with Gasteiger partial charge in [0.05, 0.1) is 13.2 Å². The summed E-state index contributed by atoms with van der Waals surface area (Å²) in [6.45, 7) is 0.560. The number of rotatable bonds is 3. The Hall–Kier alpha value is -0.160. The minimum absolute atomic E-state index is 0.0769. The molecule has 4 N–H and O–H groups in total. The average Bonchev–Trinajstić information content (AvgIpc) is 1.68. The zero-order valence-corrected chi connectivity index (χ0v) is 4.33. The van der Waals surface area contributed by atoms with E-state index in [9.17, 15) is 0 Å². The maximum Gasteiger partial charge on any atom is 0.0735 e. The summed E-state index contributed by atoms with van der Waals surface area (Å²) in [6, 6.07) is 0. The van der Waals surface area contributed by atoms with Crippen molar-refractivity contribution >= 4 is 0 Å². The molecule has 0 saturated heterocycles. The van der Waals surface area contributed by atoms with Crippen molar-refractivity contribution in [1.29, 1.82) is 0 Å². The maximum atomic E-state index is 8.20. The minimum Gasteiger partial charge on any atom is -0.395 e. The van der Waals surface area contributed by atoms with Gasteiger partial charge in [-0.05, 0) is 0 Å². The SMILES string of the molecule is CN(CCO)[NH2+]O. The minimum atomic E-state index is 0.0769. The van der Waals surface area contributed by atoms with Crippen LogP contribution in [0.15, 0.2) is 0 Å². The van der Waals surface area contributed by atoms with E-state index in [1.807, 2.05) is 0 Å². The van der Waals surface area contributed by atoms with Crippen molar-refractivity contribution in [2.75, 3.05) is 20.2 Å². The summed E-state index contributed by atoms with van der Waals surface area (Å²) in [4.78, 5) is 0. The molecule has 0 heterocycles. The Bertz CT molecular complexity index is 41.9. The zero-order chi connectivity index (χ0) is 5.70. The Morgan fingerprint density at radius 1 is 1.71 bits per heavy atom. The highest BCUT2D eigenvalue weighted by atomic mass is 16.5. The van der Waals surface area contributed by atoms with Gasteiger partial charge in [0.2, 0.25) is 0 Å². The van der Waals surface area contributed by atoms with Gasteiger partial charge in [0.25, 0.3) is 0 Å². The molecular weight excluding hydrogens is 96.0 g/mol. The lowest BCUT2D eigenvalue weighted by atomic mass is 10.7. The van der Waals surface area contributed by atoms with Gasteiger partial charge in [-0.3, -0.25) is 0 Å². The van der Waals surface area contributed by atoms with Gasteiger partial charge in [0.1, 0.15) is 0 Å². The van der Waals surface area contributed by atoms with Crippen LogP contribution < -0.4 is 5.59 Å². The lowest BCUT2D eigenvalue weighted by Crippen LogP contribution is -2.90. The average molecular weight is 107 g/mol. The second kappa shape index (κ2) is 4.01. The summed E-state index contributed by atoms with van der Waals surface area (Å²) in [6.07, 6.45) is 0. The number of aliphatic hydroxyl groups excluding tert-OH is 1. The van der Waals surface area contributed by atoms with Crippen LogP contribution in [0.5, 0.6) is 0 Å². The number of nitrogens with two attached hydrogens (primary N) is 1. The van der Waals surface area contributed by atoms with Gasteiger partial charge in [0.15, 0.2) is 0 Å². The van der Waals surface area contributed by atoms with Crippen LogP contribution in [-0.4, -0.2) is 35.5 Å². The predicted octanol–water partition coefficient (Wildman–Crippen LogP) is -2.22. The Balaban J connectivity index is 2.83. The van der Waals surface area contributed by atoms with Crippen LogP contribution in [0.1, 0.15) is 0 Å². The van der Waals surface area contributed by atoms with Crippen molar-refractivity contribution < 1.29 is 15.9 Å². The molecule has 0 aliphatic heterocycles. The van der Waals surface area contributed by atoms with E-state index >= 15 is 0 Å². The van der Waals surface area contributed by atoms with Crippen LogP contribution in [0.3, 0.4) is 0 Å². The third kappa shape index (κ3) is 3.68. The summed E-state index contributed by atoms with van der Waals surface area (Å²) < 4.78 is 0. The molecule has 0 aromatic rings. The van der Waals surface area contributed by atoms with Crippen molar-refractivity contribution in [3.05, 3.63) is 0 Å². The highest BCUT2D eigenvalue weighted by Gasteiger charge is 1.92. The van der Waals surface area contributed by atoms with E-state index in [0.29, 0.717) is 6.54 Å². The van der Waals surface area contributed by atoms with Crippen molar-refractivity contribution in [2.45, 2.75) is 0 Å². The number of quaternary nitrogens is 1. The topological polar surface area (TPSA) is 60.3 Å². The van der Waals surface area contributed by atoms with Gasteiger partial charge in [-0.15, -0.1) is 10.6 Å². The molecule has 0 aliphatic carbocycles. The van der Waals surface area contributed by atoms with Gasteiger partial charge in [-0.25, -0.2) is 0 Å². The Morgan fingerprint density at radius 2 is 2.29 bits per heavy atom. The Morgan fingerprint density at radius 3 is 2.43 bits per heavy atom. The number of nitrogens with zero attached hydrogens (tertiary/aromatic N) is 1. The van der Waals surface area contributed by atoms with Crippen LogP contribution in [0, 0.1) is 0 Å². The molecule has 0 bridgehead atoms. The van der Waals surface area contributed by atoms with Crippen LogP contribution >= 0.6 is 0 Å². The summed E-state index contributed by atoms with van der Waals surface area (Å²) in [5.41, 5.74) is 0.927. The molecule has 0 atom stereocenters.